The number of amides is 1. The Morgan fingerprint density at radius 3 is 2.88 bits per heavy atom. The van der Waals surface area contributed by atoms with Gasteiger partial charge in [-0.1, -0.05) is 30.3 Å². The molecule has 1 fully saturated rings. The molecule has 1 heterocycles. The molecule has 0 aromatic heterocycles. The minimum atomic E-state index is -0.0247. The van der Waals surface area contributed by atoms with Crippen LogP contribution in [0.3, 0.4) is 0 Å². The molecule has 1 aromatic rings. The summed E-state index contributed by atoms with van der Waals surface area (Å²) in [5.41, 5.74) is 6.82. The average Bonchev–Trinajstić information content (AvgIpc) is 2.84. The summed E-state index contributed by atoms with van der Waals surface area (Å²) >= 11 is 0. The number of nitrogens with one attached hydrogen (secondary N) is 3. The second-order valence-corrected chi connectivity index (χ2v) is 3.98. The summed E-state index contributed by atoms with van der Waals surface area (Å²) in [6, 6.07) is 9.96. The van der Waals surface area contributed by atoms with E-state index in [2.05, 4.69) is 16.2 Å². The van der Waals surface area contributed by atoms with E-state index in [1.54, 1.807) is 0 Å². The van der Waals surface area contributed by atoms with Crippen LogP contribution in [-0.2, 0) is 11.3 Å². The quantitative estimate of drug-likeness (QED) is 0.649. The van der Waals surface area contributed by atoms with Gasteiger partial charge in [0.05, 0.1) is 6.04 Å². The van der Waals surface area contributed by atoms with Gasteiger partial charge in [-0.05, 0) is 24.9 Å². The zero-order valence-electron chi connectivity index (χ0n) is 9.20. The van der Waals surface area contributed by atoms with Crippen LogP contribution in [0.5, 0.6) is 0 Å². The Kier molecular flexibility index (Phi) is 3.91. The number of hydrogen-bond acceptors (Lipinski definition) is 3. The normalized spacial score (nSPS) is 19.6. The molecule has 0 unspecified atom stereocenters. The summed E-state index contributed by atoms with van der Waals surface area (Å²) in [5.74, 6) is 0.0356. The van der Waals surface area contributed by atoms with Gasteiger partial charge in [-0.2, -0.15) is 0 Å². The van der Waals surface area contributed by atoms with E-state index in [9.17, 15) is 4.79 Å². The van der Waals surface area contributed by atoms with Crippen LogP contribution in [0.2, 0.25) is 0 Å². The highest BCUT2D eigenvalue weighted by atomic mass is 16.2. The van der Waals surface area contributed by atoms with Crippen molar-refractivity contribution in [2.45, 2.75) is 25.4 Å². The number of hydrazine groups is 1. The first-order chi connectivity index (χ1) is 7.86. The molecule has 1 aromatic carbocycles. The first-order valence-electron chi connectivity index (χ1n) is 5.66. The fourth-order valence-corrected chi connectivity index (χ4v) is 1.82. The van der Waals surface area contributed by atoms with Crippen LogP contribution in [0.4, 0.5) is 0 Å². The van der Waals surface area contributed by atoms with Crippen molar-refractivity contribution in [2.75, 3.05) is 6.54 Å². The standard InChI is InChI=1S/C12H17N3O/c16-12(11-7-4-8-13-11)15-14-9-10-5-2-1-3-6-10/h1-3,5-6,11,13-14H,4,7-9H2,(H,15,16)/t11-/m1/s1. The van der Waals surface area contributed by atoms with Gasteiger partial charge in [0, 0.05) is 6.54 Å². The molecule has 1 atom stereocenters. The number of carbonyl (C=O) groups excluding carboxylic acids is 1. The minimum absolute atomic E-state index is 0.0247. The maximum Gasteiger partial charge on any atom is 0.251 e. The summed E-state index contributed by atoms with van der Waals surface area (Å²) < 4.78 is 0. The van der Waals surface area contributed by atoms with Crippen LogP contribution in [0.1, 0.15) is 18.4 Å². The van der Waals surface area contributed by atoms with Crippen LogP contribution in [-0.4, -0.2) is 18.5 Å². The molecule has 0 aliphatic carbocycles. The number of benzene rings is 1. The van der Waals surface area contributed by atoms with Gasteiger partial charge in [0.1, 0.15) is 0 Å². The monoisotopic (exact) mass is 219 g/mol. The van der Waals surface area contributed by atoms with E-state index in [1.807, 2.05) is 30.3 Å². The lowest BCUT2D eigenvalue weighted by Crippen LogP contribution is -2.46. The predicted octanol–water partition coefficient (Wildman–Crippen LogP) is 0.559. The van der Waals surface area contributed by atoms with Crippen LogP contribution < -0.4 is 16.2 Å². The summed E-state index contributed by atoms with van der Waals surface area (Å²) in [6.45, 7) is 1.59. The van der Waals surface area contributed by atoms with Crippen LogP contribution in [0.15, 0.2) is 30.3 Å². The van der Waals surface area contributed by atoms with Gasteiger partial charge in [-0.3, -0.25) is 10.2 Å². The molecular formula is C12H17N3O. The van der Waals surface area contributed by atoms with Crippen LogP contribution >= 0.6 is 0 Å². The third kappa shape index (κ3) is 3.05. The second-order valence-electron chi connectivity index (χ2n) is 3.98. The third-order valence-electron chi connectivity index (χ3n) is 2.72. The molecule has 1 amide bonds. The number of carbonyl (C=O) groups is 1. The van der Waals surface area contributed by atoms with Gasteiger partial charge in [0.15, 0.2) is 0 Å². The average molecular weight is 219 g/mol. The van der Waals surface area contributed by atoms with E-state index < -0.39 is 0 Å². The van der Waals surface area contributed by atoms with Gasteiger partial charge < -0.3 is 5.32 Å². The van der Waals surface area contributed by atoms with Crippen molar-refractivity contribution in [1.82, 2.24) is 16.2 Å². The van der Waals surface area contributed by atoms with Crippen molar-refractivity contribution < 1.29 is 4.79 Å². The Morgan fingerprint density at radius 1 is 1.38 bits per heavy atom. The Labute approximate surface area is 95.4 Å². The molecule has 86 valence electrons. The highest BCUT2D eigenvalue weighted by molar-refractivity contribution is 5.81. The van der Waals surface area contributed by atoms with E-state index in [4.69, 9.17) is 0 Å². The van der Waals surface area contributed by atoms with Crippen LogP contribution in [0.25, 0.3) is 0 Å². The van der Waals surface area contributed by atoms with Crippen molar-refractivity contribution in [1.29, 1.82) is 0 Å². The first-order valence-corrected chi connectivity index (χ1v) is 5.66. The highest BCUT2D eigenvalue weighted by Gasteiger charge is 2.21. The van der Waals surface area contributed by atoms with Gasteiger partial charge in [0.2, 0.25) is 0 Å². The molecule has 0 radical (unpaired) electrons. The molecule has 0 spiro atoms. The molecule has 2 rings (SSSR count). The van der Waals surface area contributed by atoms with E-state index >= 15 is 0 Å². The topological polar surface area (TPSA) is 53.2 Å². The molecule has 1 saturated heterocycles. The van der Waals surface area contributed by atoms with Crippen molar-refractivity contribution >= 4 is 5.91 Å². The molecular weight excluding hydrogens is 202 g/mol. The van der Waals surface area contributed by atoms with E-state index in [0.717, 1.165) is 24.9 Å². The Balaban J connectivity index is 1.70. The number of hydrogen-bond donors (Lipinski definition) is 3. The molecule has 16 heavy (non-hydrogen) atoms. The van der Waals surface area contributed by atoms with E-state index in [-0.39, 0.29) is 11.9 Å². The Bertz CT molecular complexity index is 333. The van der Waals surface area contributed by atoms with Crippen molar-refractivity contribution in [2.24, 2.45) is 0 Å². The summed E-state index contributed by atoms with van der Waals surface area (Å²) in [6.07, 6.45) is 2.01. The maximum atomic E-state index is 11.6. The maximum absolute atomic E-state index is 11.6. The van der Waals surface area contributed by atoms with Gasteiger partial charge in [-0.15, -0.1) is 0 Å². The molecule has 0 saturated carbocycles. The van der Waals surface area contributed by atoms with Crippen molar-refractivity contribution in [3.63, 3.8) is 0 Å². The summed E-state index contributed by atoms with van der Waals surface area (Å²) in [4.78, 5) is 11.6. The second kappa shape index (κ2) is 5.63. The lowest BCUT2D eigenvalue weighted by Gasteiger charge is -2.11. The fourth-order valence-electron chi connectivity index (χ4n) is 1.82. The molecule has 4 nitrogen and oxygen atoms in total. The third-order valence-corrected chi connectivity index (χ3v) is 2.72. The van der Waals surface area contributed by atoms with E-state index in [0.29, 0.717) is 6.54 Å². The molecule has 1 aliphatic heterocycles. The van der Waals surface area contributed by atoms with Crippen molar-refractivity contribution in [3.8, 4) is 0 Å². The highest BCUT2D eigenvalue weighted by Crippen LogP contribution is 2.04. The summed E-state index contributed by atoms with van der Waals surface area (Å²) in [5, 5.41) is 3.15. The molecule has 0 bridgehead atoms. The van der Waals surface area contributed by atoms with Gasteiger partial charge >= 0.3 is 0 Å². The SMILES string of the molecule is O=C(NNCc1ccccc1)[C@H]1CCCN1. The lowest BCUT2D eigenvalue weighted by atomic mass is 10.2. The molecule has 4 heteroatoms. The van der Waals surface area contributed by atoms with Gasteiger partial charge in [0.25, 0.3) is 5.91 Å². The zero-order valence-corrected chi connectivity index (χ0v) is 9.20. The molecule has 3 N–H and O–H groups in total. The van der Waals surface area contributed by atoms with Crippen LogP contribution in [0, 0.1) is 0 Å². The fraction of sp³-hybridized carbons (Fsp3) is 0.417. The zero-order chi connectivity index (χ0) is 11.2. The Hall–Kier alpha value is -1.39. The first kappa shape index (κ1) is 11.1. The van der Waals surface area contributed by atoms with Crippen molar-refractivity contribution in [3.05, 3.63) is 35.9 Å². The predicted molar refractivity (Wildman–Crippen MR) is 62.4 cm³/mol. The number of rotatable bonds is 4. The lowest BCUT2D eigenvalue weighted by molar-refractivity contribution is -0.123. The molecule has 1 aliphatic rings. The largest absolute Gasteiger partial charge is 0.306 e. The Morgan fingerprint density at radius 2 is 2.19 bits per heavy atom. The summed E-state index contributed by atoms with van der Waals surface area (Å²) in [7, 11) is 0. The smallest absolute Gasteiger partial charge is 0.251 e. The van der Waals surface area contributed by atoms with Gasteiger partial charge in [-0.25, -0.2) is 5.43 Å². The minimum Gasteiger partial charge on any atom is -0.306 e. The van der Waals surface area contributed by atoms with E-state index in [1.165, 1.54) is 0 Å².